The van der Waals surface area contributed by atoms with Crippen LogP contribution in [0.4, 0.5) is 0 Å². The van der Waals surface area contributed by atoms with Gasteiger partial charge in [0, 0.05) is 18.4 Å². The third-order valence-corrected chi connectivity index (χ3v) is 3.88. The molecule has 0 N–H and O–H groups in total. The number of halogens is 1. The SMILES string of the molecule is COCCOCCOCCc1ccc(I)s1. The zero-order valence-corrected chi connectivity index (χ0v) is 12.4. The normalized spacial score (nSPS) is 10.9. The molecular formula is C11H17IO3S. The molecule has 0 saturated heterocycles. The summed E-state index contributed by atoms with van der Waals surface area (Å²) in [6.07, 6.45) is 0.992. The fourth-order valence-electron chi connectivity index (χ4n) is 1.12. The second-order valence-corrected chi connectivity index (χ2v) is 6.24. The molecule has 0 aromatic carbocycles. The van der Waals surface area contributed by atoms with Crippen molar-refractivity contribution in [1.82, 2.24) is 0 Å². The van der Waals surface area contributed by atoms with E-state index >= 15 is 0 Å². The van der Waals surface area contributed by atoms with Crippen LogP contribution in [0.1, 0.15) is 4.88 Å². The van der Waals surface area contributed by atoms with Gasteiger partial charge in [0.2, 0.25) is 0 Å². The van der Waals surface area contributed by atoms with Gasteiger partial charge >= 0.3 is 0 Å². The smallest absolute Gasteiger partial charge is 0.0701 e. The Bertz CT molecular complexity index is 278. The first-order chi connectivity index (χ1) is 7.83. The van der Waals surface area contributed by atoms with Crippen LogP contribution >= 0.6 is 33.9 Å². The summed E-state index contributed by atoms with van der Waals surface area (Å²) in [7, 11) is 1.67. The van der Waals surface area contributed by atoms with Crippen LogP contribution in [0.3, 0.4) is 0 Å². The lowest BCUT2D eigenvalue weighted by molar-refractivity contribution is 0.0257. The predicted octanol–water partition coefficient (Wildman–Crippen LogP) is 2.57. The molecule has 0 radical (unpaired) electrons. The van der Waals surface area contributed by atoms with E-state index in [4.69, 9.17) is 14.2 Å². The van der Waals surface area contributed by atoms with Crippen molar-refractivity contribution >= 4 is 33.9 Å². The second kappa shape index (κ2) is 9.35. The van der Waals surface area contributed by atoms with Gasteiger partial charge in [-0.25, -0.2) is 0 Å². The van der Waals surface area contributed by atoms with Crippen molar-refractivity contribution < 1.29 is 14.2 Å². The van der Waals surface area contributed by atoms with E-state index in [2.05, 4.69) is 34.7 Å². The molecule has 0 spiro atoms. The lowest BCUT2D eigenvalue weighted by Gasteiger charge is -2.04. The highest BCUT2D eigenvalue weighted by atomic mass is 127. The minimum Gasteiger partial charge on any atom is -0.382 e. The van der Waals surface area contributed by atoms with Crippen LogP contribution in [0.15, 0.2) is 12.1 Å². The number of hydrogen-bond acceptors (Lipinski definition) is 4. The minimum atomic E-state index is 0.642. The van der Waals surface area contributed by atoms with Gasteiger partial charge in [-0.05, 0) is 34.7 Å². The van der Waals surface area contributed by atoms with Gasteiger partial charge in [0.15, 0.2) is 0 Å². The molecule has 0 saturated carbocycles. The zero-order chi connectivity index (χ0) is 11.6. The molecule has 0 atom stereocenters. The molecule has 0 unspecified atom stereocenters. The van der Waals surface area contributed by atoms with Crippen LogP contribution in [0, 0.1) is 2.88 Å². The van der Waals surface area contributed by atoms with Crippen molar-refractivity contribution in [2.24, 2.45) is 0 Å². The van der Waals surface area contributed by atoms with Crippen LogP contribution in [-0.2, 0) is 20.6 Å². The quantitative estimate of drug-likeness (QED) is 0.503. The van der Waals surface area contributed by atoms with E-state index in [9.17, 15) is 0 Å². The summed E-state index contributed by atoms with van der Waals surface area (Å²) in [5.41, 5.74) is 0. The molecule has 0 bridgehead atoms. The number of rotatable bonds is 9. The first-order valence-electron chi connectivity index (χ1n) is 5.21. The van der Waals surface area contributed by atoms with Crippen molar-refractivity contribution in [2.45, 2.75) is 6.42 Å². The van der Waals surface area contributed by atoms with E-state index in [1.807, 2.05) is 11.3 Å². The average molecular weight is 356 g/mol. The lowest BCUT2D eigenvalue weighted by Crippen LogP contribution is -2.09. The predicted molar refractivity (Wildman–Crippen MR) is 74.3 cm³/mol. The van der Waals surface area contributed by atoms with Gasteiger partial charge in [-0.1, -0.05) is 0 Å². The van der Waals surface area contributed by atoms with Gasteiger partial charge in [0.25, 0.3) is 0 Å². The summed E-state index contributed by atoms with van der Waals surface area (Å²) in [4.78, 5) is 1.38. The van der Waals surface area contributed by atoms with Gasteiger partial charge in [0.05, 0.1) is 35.9 Å². The Balaban J connectivity index is 1.88. The molecule has 92 valence electrons. The van der Waals surface area contributed by atoms with E-state index in [0.29, 0.717) is 26.4 Å². The van der Waals surface area contributed by atoms with E-state index in [0.717, 1.165) is 13.0 Å². The molecule has 1 rings (SSSR count). The summed E-state index contributed by atoms with van der Waals surface area (Å²) in [5, 5.41) is 0. The number of hydrogen-bond donors (Lipinski definition) is 0. The summed E-state index contributed by atoms with van der Waals surface area (Å²) < 4.78 is 16.9. The first-order valence-corrected chi connectivity index (χ1v) is 7.11. The highest BCUT2D eigenvalue weighted by molar-refractivity contribution is 14.1. The lowest BCUT2D eigenvalue weighted by atomic mass is 10.4. The van der Waals surface area contributed by atoms with E-state index in [1.165, 1.54) is 7.76 Å². The third-order valence-electron chi connectivity index (χ3n) is 1.93. The Morgan fingerprint density at radius 2 is 1.75 bits per heavy atom. The molecular weight excluding hydrogens is 339 g/mol. The molecule has 0 aliphatic heterocycles. The Labute approximate surface area is 114 Å². The Morgan fingerprint density at radius 3 is 2.38 bits per heavy atom. The van der Waals surface area contributed by atoms with Crippen molar-refractivity contribution in [3.63, 3.8) is 0 Å². The van der Waals surface area contributed by atoms with E-state index in [1.54, 1.807) is 7.11 Å². The van der Waals surface area contributed by atoms with Crippen LogP contribution in [-0.4, -0.2) is 40.1 Å². The maximum atomic E-state index is 5.47. The van der Waals surface area contributed by atoms with Crippen LogP contribution in [0.5, 0.6) is 0 Å². The van der Waals surface area contributed by atoms with Gasteiger partial charge in [-0.2, -0.15) is 0 Å². The maximum absolute atomic E-state index is 5.47. The fourth-order valence-corrected chi connectivity index (χ4v) is 2.86. The van der Waals surface area contributed by atoms with Gasteiger partial charge in [-0.15, -0.1) is 11.3 Å². The Kier molecular flexibility index (Phi) is 8.40. The number of methoxy groups -OCH3 is 1. The van der Waals surface area contributed by atoms with Gasteiger partial charge in [0.1, 0.15) is 0 Å². The van der Waals surface area contributed by atoms with Crippen molar-refractivity contribution in [3.8, 4) is 0 Å². The van der Waals surface area contributed by atoms with Crippen molar-refractivity contribution in [2.75, 3.05) is 40.1 Å². The number of ether oxygens (including phenoxy) is 3. The molecule has 0 fully saturated rings. The zero-order valence-electron chi connectivity index (χ0n) is 9.41. The first kappa shape index (κ1) is 14.4. The monoisotopic (exact) mass is 356 g/mol. The molecule has 1 aromatic heterocycles. The molecule has 0 aliphatic rings. The molecule has 0 amide bonds. The fraction of sp³-hybridized carbons (Fsp3) is 0.636. The maximum Gasteiger partial charge on any atom is 0.0701 e. The molecule has 1 heterocycles. The second-order valence-electron chi connectivity index (χ2n) is 3.17. The van der Waals surface area contributed by atoms with Gasteiger partial charge in [-0.3, -0.25) is 0 Å². The summed E-state index contributed by atoms with van der Waals surface area (Å²) in [6, 6.07) is 4.29. The Morgan fingerprint density at radius 1 is 1.06 bits per heavy atom. The van der Waals surface area contributed by atoms with E-state index < -0.39 is 0 Å². The Hall–Kier alpha value is 0.310. The third kappa shape index (κ3) is 6.80. The minimum absolute atomic E-state index is 0.642. The van der Waals surface area contributed by atoms with Crippen molar-refractivity contribution in [1.29, 1.82) is 0 Å². The topological polar surface area (TPSA) is 27.7 Å². The highest BCUT2D eigenvalue weighted by Crippen LogP contribution is 2.18. The summed E-state index contributed by atoms with van der Waals surface area (Å²) in [6.45, 7) is 3.36. The number of thiophene rings is 1. The van der Waals surface area contributed by atoms with Crippen molar-refractivity contribution in [3.05, 3.63) is 19.9 Å². The summed E-state index contributed by atoms with van der Waals surface area (Å²) in [5.74, 6) is 0. The molecule has 1 aromatic rings. The molecule has 5 heteroatoms. The van der Waals surface area contributed by atoms with Crippen LogP contribution in [0.25, 0.3) is 0 Å². The van der Waals surface area contributed by atoms with Crippen LogP contribution in [0.2, 0.25) is 0 Å². The molecule has 0 aliphatic carbocycles. The van der Waals surface area contributed by atoms with Gasteiger partial charge < -0.3 is 14.2 Å². The summed E-state index contributed by atoms with van der Waals surface area (Å²) >= 11 is 4.16. The standard InChI is InChI=1S/C11H17IO3S/c1-13-6-7-15-9-8-14-5-4-10-2-3-11(12)16-10/h2-3H,4-9H2,1H3. The van der Waals surface area contributed by atoms with E-state index in [-0.39, 0.29) is 0 Å². The molecule has 16 heavy (non-hydrogen) atoms. The van der Waals surface area contributed by atoms with Crippen LogP contribution < -0.4 is 0 Å². The molecule has 3 nitrogen and oxygen atoms in total. The average Bonchev–Trinajstić information content (AvgIpc) is 2.68. The highest BCUT2D eigenvalue weighted by Gasteiger charge is 1.97. The largest absolute Gasteiger partial charge is 0.382 e.